The number of aromatic nitrogens is 3. The first kappa shape index (κ1) is 19.2. The highest BCUT2D eigenvalue weighted by molar-refractivity contribution is 6.00. The molecule has 29 heavy (non-hydrogen) atoms. The van der Waals surface area contributed by atoms with Gasteiger partial charge in [0, 0.05) is 25.5 Å². The highest BCUT2D eigenvalue weighted by atomic mass is 19.4. The van der Waals surface area contributed by atoms with Crippen molar-refractivity contribution in [2.75, 3.05) is 18.0 Å². The Kier molecular flexibility index (Phi) is 5.12. The van der Waals surface area contributed by atoms with E-state index in [0.29, 0.717) is 11.5 Å². The molecular formula is C20H20F3N5O. The summed E-state index contributed by atoms with van der Waals surface area (Å²) in [4.78, 5) is 23.1. The Hall–Kier alpha value is -3.10. The molecule has 1 atom stereocenters. The molecular weight excluding hydrogens is 383 g/mol. The third-order valence-corrected chi connectivity index (χ3v) is 4.97. The minimum Gasteiger partial charge on any atom is -0.342 e. The van der Waals surface area contributed by atoms with Crippen LogP contribution in [-0.2, 0) is 0 Å². The first-order valence-corrected chi connectivity index (χ1v) is 9.45. The van der Waals surface area contributed by atoms with Gasteiger partial charge in [-0.25, -0.2) is 4.98 Å². The van der Waals surface area contributed by atoms with E-state index in [2.05, 4.69) is 20.2 Å². The van der Waals surface area contributed by atoms with E-state index in [4.69, 9.17) is 0 Å². The number of anilines is 1. The normalized spacial score (nSPS) is 16.0. The largest absolute Gasteiger partial charge is 0.414 e. The van der Waals surface area contributed by atoms with E-state index in [1.165, 1.54) is 24.4 Å². The number of nitrogens with one attached hydrogen (secondary N) is 1. The second-order valence-corrected chi connectivity index (χ2v) is 6.97. The van der Waals surface area contributed by atoms with Crippen molar-refractivity contribution in [3.8, 4) is 0 Å². The molecule has 1 amide bonds. The summed E-state index contributed by atoms with van der Waals surface area (Å²) in [5.74, 6) is -0.309. The Balaban J connectivity index is 1.69. The second kappa shape index (κ2) is 7.73. The predicted octanol–water partition coefficient (Wildman–Crippen LogP) is 3.75. The Morgan fingerprint density at radius 3 is 2.52 bits per heavy atom. The fourth-order valence-corrected chi connectivity index (χ4v) is 3.58. The van der Waals surface area contributed by atoms with Crippen LogP contribution in [0.5, 0.6) is 0 Å². The molecule has 0 spiro atoms. The average molecular weight is 403 g/mol. The third kappa shape index (κ3) is 3.90. The average Bonchev–Trinajstić information content (AvgIpc) is 3.12. The summed E-state index contributed by atoms with van der Waals surface area (Å²) >= 11 is 0. The number of fused-ring (bicyclic) bond motifs is 1. The minimum atomic E-state index is -4.69. The fourth-order valence-electron chi connectivity index (χ4n) is 3.58. The summed E-state index contributed by atoms with van der Waals surface area (Å²) in [5, 5.41) is 2.08. The summed E-state index contributed by atoms with van der Waals surface area (Å²) in [5.41, 5.74) is 0.164. The van der Waals surface area contributed by atoms with Gasteiger partial charge in [-0.1, -0.05) is 12.1 Å². The fraction of sp³-hybridized carbons (Fsp3) is 0.350. The van der Waals surface area contributed by atoms with Crippen molar-refractivity contribution in [1.82, 2.24) is 19.7 Å². The summed E-state index contributed by atoms with van der Waals surface area (Å²) < 4.78 is 42.6. The molecule has 4 heterocycles. The van der Waals surface area contributed by atoms with E-state index in [-0.39, 0.29) is 11.4 Å². The molecule has 1 unspecified atom stereocenters. The zero-order valence-electron chi connectivity index (χ0n) is 15.6. The van der Waals surface area contributed by atoms with E-state index in [0.717, 1.165) is 32.4 Å². The molecule has 0 bridgehead atoms. The van der Waals surface area contributed by atoms with Crippen molar-refractivity contribution in [3.63, 3.8) is 0 Å². The first-order valence-electron chi connectivity index (χ1n) is 9.45. The van der Waals surface area contributed by atoms with Gasteiger partial charge in [0.05, 0.1) is 11.2 Å². The number of pyridine rings is 2. The summed E-state index contributed by atoms with van der Waals surface area (Å²) in [6.07, 6.45) is 1.50. The van der Waals surface area contributed by atoms with Crippen LogP contribution in [0, 0.1) is 0 Å². The van der Waals surface area contributed by atoms with Crippen LogP contribution in [-0.4, -0.2) is 39.5 Å². The van der Waals surface area contributed by atoms with E-state index >= 15 is 0 Å². The van der Waals surface area contributed by atoms with Crippen molar-refractivity contribution in [2.45, 2.75) is 31.5 Å². The van der Waals surface area contributed by atoms with Gasteiger partial charge in [-0.15, -0.1) is 0 Å². The third-order valence-electron chi connectivity index (χ3n) is 4.97. The van der Waals surface area contributed by atoms with E-state index < -0.39 is 18.1 Å². The number of alkyl halides is 3. The maximum Gasteiger partial charge on any atom is 0.414 e. The monoisotopic (exact) mass is 403 g/mol. The zero-order chi connectivity index (χ0) is 20.4. The number of hydrogen-bond acceptors (Lipinski definition) is 4. The number of carbonyl (C=O) groups excluding carboxylic acids is 1. The molecule has 3 aromatic heterocycles. The maximum atomic E-state index is 13.6. The Bertz CT molecular complexity index is 996. The number of halogens is 3. The van der Waals surface area contributed by atoms with Crippen LogP contribution >= 0.6 is 0 Å². The van der Waals surface area contributed by atoms with Gasteiger partial charge in [-0.3, -0.25) is 14.2 Å². The van der Waals surface area contributed by atoms with Gasteiger partial charge < -0.3 is 10.2 Å². The van der Waals surface area contributed by atoms with Crippen molar-refractivity contribution in [3.05, 3.63) is 60.2 Å². The number of nitrogens with zero attached hydrogens (tertiary/aromatic N) is 4. The Labute approximate surface area is 165 Å². The number of hydrogen-bond donors (Lipinski definition) is 1. The molecule has 0 aliphatic carbocycles. The van der Waals surface area contributed by atoms with Gasteiger partial charge in [-0.2, -0.15) is 13.2 Å². The van der Waals surface area contributed by atoms with E-state index in [1.54, 1.807) is 28.8 Å². The second-order valence-electron chi connectivity index (χ2n) is 6.97. The molecule has 0 radical (unpaired) electrons. The SMILES string of the molecule is O=C(NC(c1ccccn1)C(F)(F)F)c1nc(N2CCCCC2)n2ccccc12. The highest BCUT2D eigenvalue weighted by Gasteiger charge is 2.43. The van der Waals surface area contributed by atoms with Crippen molar-refractivity contribution in [1.29, 1.82) is 0 Å². The quantitative estimate of drug-likeness (QED) is 0.721. The van der Waals surface area contributed by atoms with E-state index in [9.17, 15) is 18.0 Å². The Morgan fingerprint density at radius 2 is 1.83 bits per heavy atom. The van der Waals surface area contributed by atoms with Crippen LogP contribution < -0.4 is 10.2 Å². The van der Waals surface area contributed by atoms with Gasteiger partial charge in [0.1, 0.15) is 0 Å². The smallest absolute Gasteiger partial charge is 0.342 e. The van der Waals surface area contributed by atoms with Gasteiger partial charge >= 0.3 is 6.18 Å². The molecule has 1 fully saturated rings. The van der Waals surface area contributed by atoms with Crippen molar-refractivity contribution >= 4 is 17.4 Å². The lowest BCUT2D eigenvalue weighted by Crippen LogP contribution is -2.39. The highest BCUT2D eigenvalue weighted by Crippen LogP contribution is 2.32. The molecule has 6 nitrogen and oxygen atoms in total. The van der Waals surface area contributed by atoms with E-state index in [1.807, 2.05) is 0 Å². The molecule has 0 saturated carbocycles. The Morgan fingerprint density at radius 1 is 1.07 bits per heavy atom. The number of piperidine rings is 1. The molecule has 1 aliphatic rings. The maximum absolute atomic E-state index is 13.6. The lowest BCUT2D eigenvalue weighted by molar-refractivity contribution is -0.156. The number of rotatable bonds is 4. The zero-order valence-corrected chi connectivity index (χ0v) is 15.6. The lowest BCUT2D eigenvalue weighted by Gasteiger charge is -2.26. The topological polar surface area (TPSA) is 62.5 Å². The number of imidazole rings is 1. The summed E-state index contributed by atoms with van der Waals surface area (Å²) in [6, 6.07) is 7.21. The summed E-state index contributed by atoms with van der Waals surface area (Å²) in [6.45, 7) is 1.60. The van der Waals surface area contributed by atoms with Crippen LogP contribution in [0.4, 0.5) is 19.1 Å². The molecule has 1 aliphatic heterocycles. The van der Waals surface area contributed by atoms with Gasteiger partial charge in [0.25, 0.3) is 5.91 Å². The molecule has 152 valence electrons. The molecule has 1 N–H and O–H groups in total. The standard InChI is InChI=1S/C20H20F3N5O/c21-20(22,23)17(14-8-2-4-10-24-14)26-18(29)16-15-9-3-7-13-28(15)19(25-16)27-11-5-1-6-12-27/h2-4,7-10,13,17H,1,5-6,11-12H2,(H,26,29). The van der Waals surface area contributed by atoms with Crippen LogP contribution in [0.15, 0.2) is 48.8 Å². The predicted molar refractivity (Wildman–Crippen MR) is 102 cm³/mol. The van der Waals surface area contributed by atoms with Crippen LogP contribution in [0.3, 0.4) is 0 Å². The minimum absolute atomic E-state index is 0.0312. The first-order chi connectivity index (χ1) is 13.9. The van der Waals surface area contributed by atoms with Crippen LogP contribution in [0.1, 0.15) is 41.5 Å². The van der Waals surface area contributed by atoms with Crippen molar-refractivity contribution in [2.24, 2.45) is 0 Å². The van der Waals surface area contributed by atoms with Gasteiger partial charge in [-0.05, 0) is 43.5 Å². The van der Waals surface area contributed by atoms with Gasteiger partial charge in [0.15, 0.2) is 11.7 Å². The number of carbonyl (C=O) groups is 1. The van der Waals surface area contributed by atoms with Crippen molar-refractivity contribution < 1.29 is 18.0 Å². The molecule has 4 rings (SSSR count). The molecule has 0 aromatic carbocycles. The van der Waals surface area contributed by atoms with Crippen LogP contribution in [0.2, 0.25) is 0 Å². The van der Waals surface area contributed by atoms with Gasteiger partial charge in [0.2, 0.25) is 5.95 Å². The molecule has 9 heteroatoms. The van der Waals surface area contributed by atoms with Crippen LogP contribution in [0.25, 0.3) is 5.52 Å². The summed E-state index contributed by atoms with van der Waals surface area (Å²) in [7, 11) is 0. The molecule has 1 saturated heterocycles. The molecule has 3 aromatic rings. The lowest BCUT2D eigenvalue weighted by atomic mass is 10.1. The number of amides is 1.